The second-order valence-electron chi connectivity index (χ2n) is 6.73. The van der Waals surface area contributed by atoms with Crippen LogP contribution >= 0.6 is 11.3 Å². The van der Waals surface area contributed by atoms with Crippen molar-refractivity contribution in [3.05, 3.63) is 51.9 Å². The fraction of sp³-hybridized carbons (Fsp3) is 0.348. The Kier molecular flexibility index (Phi) is 8.81. The molecule has 0 fully saturated rings. The quantitative estimate of drug-likeness (QED) is 0.438. The lowest BCUT2D eigenvalue weighted by Crippen LogP contribution is -2.13. The predicted molar refractivity (Wildman–Crippen MR) is 121 cm³/mol. The van der Waals surface area contributed by atoms with Gasteiger partial charge in [-0.05, 0) is 52.3 Å². The Morgan fingerprint density at radius 1 is 1.10 bits per heavy atom. The molecule has 0 aliphatic carbocycles. The second kappa shape index (κ2) is 11.3. The van der Waals surface area contributed by atoms with Crippen LogP contribution in [0.25, 0.3) is 6.08 Å². The SMILES string of the molecule is CCOC(=O)c1c(NC(=O)C=Cc2ccccc2OCC)sc(C(=O)OC(C)C)c1C. The van der Waals surface area contributed by atoms with Crippen LogP contribution in [0.15, 0.2) is 30.3 Å². The van der Waals surface area contributed by atoms with E-state index in [4.69, 9.17) is 14.2 Å². The van der Waals surface area contributed by atoms with Gasteiger partial charge in [0, 0.05) is 11.6 Å². The highest BCUT2D eigenvalue weighted by Gasteiger charge is 2.27. The van der Waals surface area contributed by atoms with Crippen LogP contribution in [0.4, 0.5) is 5.00 Å². The van der Waals surface area contributed by atoms with Crippen molar-refractivity contribution in [1.82, 2.24) is 0 Å². The van der Waals surface area contributed by atoms with Gasteiger partial charge in [0.05, 0.1) is 24.9 Å². The summed E-state index contributed by atoms with van der Waals surface area (Å²) in [5.41, 5.74) is 1.31. The summed E-state index contributed by atoms with van der Waals surface area (Å²) in [7, 11) is 0. The number of anilines is 1. The maximum Gasteiger partial charge on any atom is 0.348 e. The van der Waals surface area contributed by atoms with Crippen molar-refractivity contribution < 1.29 is 28.6 Å². The van der Waals surface area contributed by atoms with E-state index in [1.165, 1.54) is 6.08 Å². The van der Waals surface area contributed by atoms with Gasteiger partial charge in [-0.15, -0.1) is 11.3 Å². The molecule has 0 saturated heterocycles. The van der Waals surface area contributed by atoms with Gasteiger partial charge in [0.2, 0.25) is 5.91 Å². The van der Waals surface area contributed by atoms with Crippen molar-refractivity contribution in [2.45, 2.75) is 40.7 Å². The number of amides is 1. The molecule has 0 saturated carbocycles. The van der Waals surface area contributed by atoms with Crippen LogP contribution in [0.2, 0.25) is 0 Å². The number of hydrogen-bond acceptors (Lipinski definition) is 7. The lowest BCUT2D eigenvalue weighted by molar-refractivity contribution is -0.111. The van der Waals surface area contributed by atoms with E-state index in [0.717, 1.165) is 16.9 Å². The molecule has 2 aromatic rings. The van der Waals surface area contributed by atoms with Crippen LogP contribution in [0.3, 0.4) is 0 Å². The molecule has 1 aromatic heterocycles. The third kappa shape index (κ3) is 6.42. The lowest BCUT2D eigenvalue weighted by Gasteiger charge is -2.07. The highest BCUT2D eigenvalue weighted by atomic mass is 32.1. The lowest BCUT2D eigenvalue weighted by atomic mass is 10.1. The number of esters is 2. The van der Waals surface area contributed by atoms with Crippen LogP contribution in [-0.4, -0.2) is 37.2 Å². The molecule has 7 nitrogen and oxygen atoms in total. The molecule has 0 spiro atoms. The summed E-state index contributed by atoms with van der Waals surface area (Å²) in [6.45, 7) is 9.34. The zero-order chi connectivity index (χ0) is 23.0. The predicted octanol–water partition coefficient (Wildman–Crippen LogP) is 4.85. The molecule has 0 aliphatic heterocycles. The zero-order valence-corrected chi connectivity index (χ0v) is 19.1. The first kappa shape index (κ1) is 24.1. The summed E-state index contributed by atoms with van der Waals surface area (Å²) in [6, 6.07) is 7.33. The van der Waals surface area contributed by atoms with Gasteiger partial charge in [-0.1, -0.05) is 18.2 Å². The van der Waals surface area contributed by atoms with Crippen molar-refractivity contribution in [1.29, 1.82) is 0 Å². The normalized spacial score (nSPS) is 10.9. The van der Waals surface area contributed by atoms with Crippen molar-refractivity contribution >= 4 is 40.3 Å². The first-order chi connectivity index (χ1) is 14.8. The smallest absolute Gasteiger partial charge is 0.348 e. The van der Waals surface area contributed by atoms with Crippen molar-refractivity contribution in [3.63, 3.8) is 0 Å². The number of para-hydroxylation sites is 1. The molecule has 0 unspecified atom stereocenters. The second-order valence-corrected chi connectivity index (χ2v) is 7.75. The Bertz CT molecular complexity index is 976. The van der Waals surface area contributed by atoms with Crippen LogP contribution in [0, 0.1) is 6.92 Å². The van der Waals surface area contributed by atoms with Crippen molar-refractivity contribution in [2.75, 3.05) is 18.5 Å². The van der Waals surface area contributed by atoms with Crippen LogP contribution in [0.1, 0.15) is 58.9 Å². The summed E-state index contributed by atoms with van der Waals surface area (Å²) in [5, 5.41) is 2.92. The summed E-state index contributed by atoms with van der Waals surface area (Å²) in [6.07, 6.45) is 2.65. The van der Waals surface area contributed by atoms with E-state index in [1.807, 2.05) is 31.2 Å². The molecular weight excluding hydrogens is 418 g/mol. The molecular formula is C23H27NO6S. The largest absolute Gasteiger partial charge is 0.493 e. The van der Waals surface area contributed by atoms with E-state index in [2.05, 4.69) is 5.32 Å². The Morgan fingerprint density at radius 3 is 2.45 bits per heavy atom. The van der Waals surface area contributed by atoms with Gasteiger partial charge in [0.25, 0.3) is 0 Å². The minimum Gasteiger partial charge on any atom is -0.493 e. The number of carbonyl (C=O) groups is 3. The molecule has 0 atom stereocenters. The van der Waals surface area contributed by atoms with Gasteiger partial charge in [0.15, 0.2) is 0 Å². The molecule has 166 valence electrons. The highest BCUT2D eigenvalue weighted by Crippen LogP contribution is 2.34. The van der Waals surface area contributed by atoms with Gasteiger partial charge < -0.3 is 19.5 Å². The van der Waals surface area contributed by atoms with E-state index >= 15 is 0 Å². The summed E-state index contributed by atoms with van der Waals surface area (Å²) < 4.78 is 15.9. The standard InChI is InChI=1S/C23H27NO6S/c1-6-28-17-11-9-8-10-16(17)12-13-18(25)24-21-19(22(26)29-7-2)15(5)20(31-21)23(27)30-14(3)4/h8-14H,6-7H2,1-5H3,(H,24,25). The summed E-state index contributed by atoms with van der Waals surface area (Å²) in [5.74, 6) is -0.959. The number of rotatable bonds is 9. The van der Waals surface area contributed by atoms with E-state index in [9.17, 15) is 14.4 Å². The Hall–Kier alpha value is -3.13. The average molecular weight is 446 g/mol. The number of benzene rings is 1. The molecule has 1 N–H and O–H groups in total. The first-order valence-electron chi connectivity index (χ1n) is 10.0. The first-order valence-corrected chi connectivity index (χ1v) is 10.8. The maximum absolute atomic E-state index is 12.6. The van der Waals surface area contributed by atoms with E-state index in [-0.39, 0.29) is 28.2 Å². The number of thiophene rings is 1. The summed E-state index contributed by atoms with van der Waals surface area (Å²) in [4.78, 5) is 37.7. The number of nitrogens with one attached hydrogen (secondary N) is 1. The molecule has 31 heavy (non-hydrogen) atoms. The van der Waals surface area contributed by atoms with Gasteiger partial charge in [0.1, 0.15) is 15.6 Å². The van der Waals surface area contributed by atoms with E-state index in [0.29, 0.717) is 17.9 Å². The number of ether oxygens (including phenoxy) is 3. The third-order valence-corrected chi connectivity index (χ3v) is 5.21. The van der Waals surface area contributed by atoms with Crippen molar-refractivity contribution in [2.24, 2.45) is 0 Å². The molecule has 0 radical (unpaired) electrons. The van der Waals surface area contributed by atoms with E-state index < -0.39 is 17.8 Å². The number of hydrogen-bond donors (Lipinski definition) is 1. The molecule has 1 heterocycles. The Balaban J connectivity index is 2.31. The maximum atomic E-state index is 12.6. The minimum absolute atomic E-state index is 0.152. The summed E-state index contributed by atoms with van der Waals surface area (Å²) >= 11 is 0.986. The monoisotopic (exact) mass is 445 g/mol. The fourth-order valence-corrected chi connectivity index (χ4v) is 3.82. The number of carbonyl (C=O) groups excluding carboxylic acids is 3. The zero-order valence-electron chi connectivity index (χ0n) is 18.3. The minimum atomic E-state index is -0.610. The van der Waals surface area contributed by atoms with Crippen molar-refractivity contribution in [3.8, 4) is 5.75 Å². The highest BCUT2D eigenvalue weighted by molar-refractivity contribution is 7.18. The Morgan fingerprint density at radius 2 is 1.81 bits per heavy atom. The van der Waals surface area contributed by atoms with Crippen LogP contribution in [0.5, 0.6) is 5.75 Å². The molecule has 2 rings (SSSR count). The molecule has 8 heteroatoms. The average Bonchev–Trinajstić information content (AvgIpc) is 3.03. The van der Waals surface area contributed by atoms with Gasteiger partial charge in [-0.25, -0.2) is 9.59 Å². The van der Waals surface area contributed by atoms with E-state index in [1.54, 1.807) is 33.8 Å². The topological polar surface area (TPSA) is 90.9 Å². The Labute approximate surface area is 186 Å². The molecule has 1 aromatic carbocycles. The van der Waals surface area contributed by atoms with Gasteiger partial charge >= 0.3 is 11.9 Å². The molecule has 1 amide bonds. The van der Waals surface area contributed by atoms with Crippen LogP contribution in [-0.2, 0) is 14.3 Å². The van der Waals surface area contributed by atoms with Crippen LogP contribution < -0.4 is 10.1 Å². The molecule has 0 aliphatic rings. The fourth-order valence-electron chi connectivity index (χ4n) is 2.74. The van der Waals surface area contributed by atoms with Gasteiger partial charge in [-0.3, -0.25) is 4.79 Å². The molecule has 0 bridgehead atoms. The van der Waals surface area contributed by atoms with Gasteiger partial charge in [-0.2, -0.15) is 0 Å². The third-order valence-electron chi connectivity index (χ3n) is 4.02.